The number of rotatable bonds is 3. The molecule has 19 heavy (non-hydrogen) atoms. The predicted octanol–water partition coefficient (Wildman–Crippen LogP) is 1.46. The Balaban J connectivity index is 2.09. The topological polar surface area (TPSA) is 89.8 Å². The minimum atomic E-state index is -0.180. The molecule has 3 N–H and O–H groups in total. The van der Waals surface area contributed by atoms with Crippen molar-refractivity contribution >= 4 is 5.69 Å². The highest BCUT2D eigenvalue weighted by Crippen LogP contribution is 2.19. The lowest BCUT2D eigenvalue weighted by Crippen LogP contribution is -2.22. The molecule has 0 saturated carbocycles. The normalized spacial score (nSPS) is 10.7. The Kier molecular flexibility index (Phi) is 2.68. The molecule has 3 rings (SSSR count). The van der Waals surface area contributed by atoms with Crippen LogP contribution in [0.4, 0.5) is 5.69 Å². The molecule has 96 valence electrons. The highest BCUT2D eigenvalue weighted by Gasteiger charge is 2.12. The number of anilines is 1. The van der Waals surface area contributed by atoms with E-state index in [0.29, 0.717) is 29.2 Å². The molecule has 0 unspecified atom stereocenters. The van der Waals surface area contributed by atoms with Crippen LogP contribution in [0.3, 0.4) is 0 Å². The maximum atomic E-state index is 12.4. The van der Waals surface area contributed by atoms with Gasteiger partial charge in [0.1, 0.15) is 5.76 Å². The van der Waals surface area contributed by atoms with Gasteiger partial charge in [0.25, 0.3) is 5.56 Å². The number of nitrogens with one attached hydrogen (secondary N) is 1. The van der Waals surface area contributed by atoms with Crippen molar-refractivity contribution in [2.45, 2.75) is 6.54 Å². The Morgan fingerprint density at radius 2 is 2.26 bits per heavy atom. The molecular formula is C13H12N4O2. The molecule has 3 heterocycles. The van der Waals surface area contributed by atoms with Gasteiger partial charge in [-0.25, -0.2) is 0 Å². The number of pyridine rings is 1. The zero-order valence-corrected chi connectivity index (χ0v) is 10.0. The van der Waals surface area contributed by atoms with Crippen molar-refractivity contribution in [3.63, 3.8) is 0 Å². The van der Waals surface area contributed by atoms with E-state index in [2.05, 4.69) is 10.2 Å². The van der Waals surface area contributed by atoms with E-state index in [1.54, 1.807) is 41.4 Å². The second kappa shape index (κ2) is 4.49. The molecule has 0 atom stereocenters. The van der Waals surface area contributed by atoms with Crippen LogP contribution in [0.25, 0.3) is 11.3 Å². The molecule has 0 fully saturated rings. The van der Waals surface area contributed by atoms with Gasteiger partial charge in [-0.1, -0.05) is 0 Å². The number of aromatic amines is 1. The summed E-state index contributed by atoms with van der Waals surface area (Å²) < 4.78 is 6.79. The molecule has 0 aliphatic heterocycles. The van der Waals surface area contributed by atoms with Crippen LogP contribution in [0.1, 0.15) is 5.76 Å². The van der Waals surface area contributed by atoms with Gasteiger partial charge in [0, 0.05) is 18.1 Å². The number of nitrogens with two attached hydrogens (primary N) is 1. The Morgan fingerprint density at radius 1 is 1.37 bits per heavy atom. The molecule has 6 heteroatoms. The molecule has 0 saturated heterocycles. The summed E-state index contributed by atoms with van der Waals surface area (Å²) in [5.74, 6) is 0.711. The van der Waals surface area contributed by atoms with E-state index < -0.39 is 0 Å². The van der Waals surface area contributed by atoms with E-state index in [1.165, 1.54) is 0 Å². The van der Waals surface area contributed by atoms with Gasteiger partial charge < -0.3 is 14.7 Å². The van der Waals surface area contributed by atoms with E-state index in [9.17, 15) is 4.79 Å². The van der Waals surface area contributed by atoms with Crippen molar-refractivity contribution in [2.24, 2.45) is 0 Å². The Morgan fingerprint density at radius 3 is 2.95 bits per heavy atom. The van der Waals surface area contributed by atoms with Gasteiger partial charge in [-0.2, -0.15) is 5.10 Å². The van der Waals surface area contributed by atoms with Crippen LogP contribution < -0.4 is 11.3 Å². The van der Waals surface area contributed by atoms with Gasteiger partial charge >= 0.3 is 0 Å². The van der Waals surface area contributed by atoms with Crippen LogP contribution in [-0.2, 0) is 6.54 Å². The first kappa shape index (κ1) is 11.3. The number of hydrogen-bond donors (Lipinski definition) is 2. The van der Waals surface area contributed by atoms with Gasteiger partial charge in [0.2, 0.25) is 0 Å². The highest BCUT2D eigenvalue weighted by atomic mass is 16.3. The summed E-state index contributed by atoms with van der Waals surface area (Å²) in [5, 5.41) is 6.59. The lowest BCUT2D eigenvalue weighted by molar-refractivity contribution is 0.490. The molecule has 0 radical (unpaired) electrons. The number of furan rings is 1. The van der Waals surface area contributed by atoms with Crippen molar-refractivity contribution in [3.8, 4) is 11.3 Å². The average molecular weight is 256 g/mol. The summed E-state index contributed by atoms with van der Waals surface area (Å²) in [6.07, 6.45) is 4.81. The Bertz CT molecular complexity index is 727. The van der Waals surface area contributed by atoms with Gasteiger partial charge in [-0.15, -0.1) is 0 Å². The number of hydrogen-bond acceptors (Lipinski definition) is 4. The SMILES string of the molecule is Nc1ccn(Cc2ccco2)c(=O)c1-c1ccn[nH]1. The number of nitrogens with zero attached hydrogens (tertiary/aromatic N) is 2. The van der Waals surface area contributed by atoms with Crippen LogP contribution in [0.5, 0.6) is 0 Å². The van der Waals surface area contributed by atoms with Crippen LogP contribution in [0, 0.1) is 0 Å². The van der Waals surface area contributed by atoms with E-state index in [-0.39, 0.29) is 5.56 Å². The van der Waals surface area contributed by atoms with Gasteiger partial charge in [-0.05, 0) is 24.3 Å². The zero-order chi connectivity index (χ0) is 13.2. The number of H-pyrrole nitrogens is 1. The number of aromatic nitrogens is 3. The van der Waals surface area contributed by atoms with Crippen molar-refractivity contribution in [3.05, 3.63) is 59.0 Å². The van der Waals surface area contributed by atoms with Crippen molar-refractivity contribution in [1.82, 2.24) is 14.8 Å². The fraction of sp³-hybridized carbons (Fsp3) is 0.0769. The minimum absolute atomic E-state index is 0.180. The smallest absolute Gasteiger partial charge is 0.262 e. The fourth-order valence-corrected chi connectivity index (χ4v) is 1.95. The third-order valence-corrected chi connectivity index (χ3v) is 2.87. The van der Waals surface area contributed by atoms with E-state index >= 15 is 0 Å². The maximum Gasteiger partial charge on any atom is 0.262 e. The predicted molar refractivity (Wildman–Crippen MR) is 70.5 cm³/mol. The highest BCUT2D eigenvalue weighted by molar-refractivity contribution is 5.72. The molecule has 0 amide bonds. The molecule has 0 aliphatic rings. The Labute approximate surface area is 108 Å². The third kappa shape index (κ3) is 2.03. The maximum absolute atomic E-state index is 12.4. The third-order valence-electron chi connectivity index (χ3n) is 2.87. The first-order chi connectivity index (χ1) is 9.25. The fourth-order valence-electron chi connectivity index (χ4n) is 1.95. The van der Waals surface area contributed by atoms with Crippen molar-refractivity contribution in [2.75, 3.05) is 5.73 Å². The molecule has 0 aromatic carbocycles. The largest absolute Gasteiger partial charge is 0.467 e. The second-order valence-electron chi connectivity index (χ2n) is 4.13. The molecular weight excluding hydrogens is 244 g/mol. The first-order valence-electron chi connectivity index (χ1n) is 5.77. The van der Waals surface area contributed by atoms with Gasteiger partial charge in [-0.3, -0.25) is 9.89 Å². The lowest BCUT2D eigenvalue weighted by atomic mass is 10.1. The standard InChI is InChI=1S/C13H12N4O2/c14-10-4-6-17(8-9-2-1-7-19-9)13(18)12(10)11-3-5-15-16-11/h1-7H,8,14H2,(H,15,16). The van der Waals surface area contributed by atoms with Crippen LogP contribution in [0.2, 0.25) is 0 Å². The lowest BCUT2D eigenvalue weighted by Gasteiger charge is -2.08. The average Bonchev–Trinajstić information content (AvgIpc) is 3.06. The molecule has 3 aromatic rings. The minimum Gasteiger partial charge on any atom is -0.467 e. The molecule has 0 bridgehead atoms. The molecule has 0 spiro atoms. The van der Waals surface area contributed by atoms with Gasteiger partial charge in [0.15, 0.2) is 0 Å². The van der Waals surface area contributed by atoms with E-state index in [1.807, 2.05) is 6.07 Å². The van der Waals surface area contributed by atoms with Crippen LogP contribution >= 0.6 is 0 Å². The van der Waals surface area contributed by atoms with Crippen molar-refractivity contribution < 1.29 is 4.42 Å². The summed E-state index contributed by atoms with van der Waals surface area (Å²) in [6, 6.07) is 7.01. The van der Waals surface area contributed by atoms with Gasteiger partial charge in [0.05, 0.1) is 24.1 Å². The van der Waals surface area contributed by atoms with Crippen molar-refractivity contribution in [1.29, 1.82) is 0 Å². The summed E-state index contributed by atoms with van der Waals surface area (Å²) in [6.45, 7) is 0.368. The molecule has 3 aromatic heterocycles. The first-order valence-corrected chi connectivity index (χ1v) is 5.77. The van der Waals surface area contributed by atoms with Crippen LogP contribution in [-0.4, -0.2) is 14.8 Å². The molecule has 6 nitrogen and oxygen atoms in total. The summed E-state index contributed by atoms with van der Waals surface area (Å²) >= 11 is 0. The Hall–Kier alpha value is -2.76. The second-order valence-corrected chi connectivity index (χ2v) is 4.13. The van der Waals surface area contributed by atoms with Crippen LogP contribution in [0.15, 0.2) is 52.1 Å². The monoisotopic (exact) mass is 256 g/mol. The summed E-state index contributed by atoms with van der Waals surface area (Å²) in [4.78, 5) is 12.4. The summed E-state index contributed by atoms with van der Waals surface area (Å²) in [5.41, 5.74) is 7.14. The van der Waals surface area contributed by atoms with E-state index in [4.69, 9.17) is 10.2 Å². The van der Waals surface area contributed by atoms with E-state index in [0.717, 1.165) is 0 Å². The zero-order valence-electron chi connectivity index (χ0n) is 10.0. The summed E-state index contributed by atoms with van der Waals surface area (Å²) in [7, 11) is 0. The quantitative estimate of drug-likeness (QED) is 0.742. The number of nitrogen functional groups attached to an aromatic ring is 1. The molecule has 0 aliphatic carbocycles.